The van der Waals surface area contributed by atoms with Crippen LogP contribution in [0, 0.1) is 5.92 Å². The number of halogens is 2. The molecule has 0 saturated heterocycles. The number of hydrogen-bond acceptors (Lipinski definition) is 4. The van der Waals surface area contributed by atoms with Gasteiger partial charge in [-0.1, -0.05) is 13.8 Å². The van der Waals surface area contributed by atoms with Crippen LogP contribution in [0.1, 0.15) is 37.5 Å². The summed E-state index contributed by atoms with van der Waals surface area (Å²) in [5.74, 6) is -0.159. The maximum atomic E-state index is 11.6. The number of rotatable bonds is 5. The van der Waals surface area contributed by atoms with Crippen LogP contribution in [0.2, 0.25) is 0 Å². The van der Waals surface area contributed by atoms with Crippen LogP contribution in [0.5, 0.6) is 0 Å². The molecule has 2 atom stereocenters. The van der Waals surface area contributed by atoms with E-state index in [4.69, 9.17) is 5.73 Å². The SMILES string of the molecule is CCc1nc(C(C)NC(=O)C(C)CN)cs1.Cl.Cl. The van der Waals surface area contributed by atoms with Crippen LogP contribution < -0.4 is 11.1 Å². The molecule has 0 spiro atoms. The Kier molecular flexibility index (Phi) is 10.6. The fourth-order valence-electron chi connectivity index (χ4n) is 1.22. The van der Waals surface area contributed by atoms with Crippen LogP contribution in [0.3, 0.4) is 0 Å². The third-order valence-corrected chi connectivity index (χ3v) is 3.49. The van der Waals surface area contributed by atoms with Gasteiger partial charge in [0.2, 0.25) is 5.91 Å². The zero-order valence-corrected chi connectivity index (χ0v) is 13.3. The lowest BCUT2D eigenvalue weighted by Crippen LogP contribution is -2.35. The summed E-state index contributed by atoms with van der Waals surface area (Å²) < 4.78 is 0. The number of nitrogens with one attached hydrogen (secondary N) is 1. The molecule has 1 heterocycles. The van der Waals surface area contributed by atoms with Gasteiger partial charge in [0.05, 0.1) is 16.7 Å². The number of aryl methyl sites for hydroxylation is 1. The first-order chi connectivity index (χ1) is 7.58. The van der Waals surface area contributed by atoms with E-state index >= 15 is 0 Å². The first-order valence-corrected chi connectivity index (χ1v) is 6.41. The molecule has 1 aromatic rings. The van der Waals surface area contributed by atoms with Gasteiger partial charge in [0.1, 0.15) is 0 Å². The third-order valence-electron chi connectivity index (χ3n) is 2.48. The maximum absolute atomic E-state index is 11.6. The lowest BCUT2D eigenvalue weighted by atomic mass is 10.1. The molecule has 0 aliphatic heterocycles. The molecule has 0 fully saturated rings. The molecule has 7 heteroatoms. The number of nitrogens with two attached hydrogens (primary N) is 1. The Balaban J connectivity index is 0. The zero-order chi connectivity index (χ0) is 12.1. The summed E-state index contributed by atoms with van der Waals surface area (Å²) in [5.41, 5.74) is 6.37. The number of amides is 1. The Labute approximate surface area is 125 Å². The van der Waals surface area contributed by atoms with Crippen molar-refractivity contribution >= 4 is 42.1 Å². The summed E-state index contributed by atoms with van der Waals surface area (Å²) in [6.45, 7) is 6.20. The van der Waals surface area contributed by atoms with Gasteiger partial charge in [-0.3, -0.25) is 4.79 Å². The Bertz CT molecular complexity index is 360. The summed E-state index contributed by atoms with van der Waals surface area (Å²) in [5, 5.41) is 6.01. The molecular weight excluding hydrogens is 293 g/mol. The Morgan fingerprint density at radius 1 is 1.50 bits per heavy atom. The Morgan fingerprint density at radius 2 is 2.11 bits per heavy atom. The number of nitrogens with zero attached hydrogens (tertiary/aromatic N) is 1. The molecule has 1 rings (SSSR count). The lowest BCUT2D eigenvalue weighted by Gasteiger charge is -2.14. The van der Waals surface area contributed by atoms with Crippen molar-refractivity contribution in [2.24, 2.45) is 11.7 Å². The van der Waals surface area contributed by atoms with Gasteiger partial charge in [0.15, 0.2) is 0 Å². The maximum Gasteiger partial charge on any atom is 0.224 e. The smallest absolute Gasteiger partial charge is 0.224 e. The molecule has 0 aromatic carbocycles. The van der Waals surface area contributed by atoms with Gasteiger partial charge in [-0.25, -0.2) is 4.98 Å². The molecule has 0 radical (unpaired) electrons. The van der Waals surface area contributed by atoms with Crippen molar-refractivity contribution < 1.29 is 4.79 Å². The fourth-order valence-corrected chi connectivity index (χ4v) is 2.06. The van der Waals surface area contributed by atoms with Crippen molar-refractivity contribution in [1.82, 2.24) is 10.3 Å². The molecule has 1 aromatic heterocycles. The minimum Gasteiger partial charge on any atom is -0.348 e. The van der Waals surface area contributed by atoms with Crippen LogP contribution in [0.4, 0.5) is 0 Å². The first-order valence-electron chi connectivity index (χ1n) is 5.53. The summed E-state index contributed by atoms with van der Waals surface area (Å²) in [4.78, 5) is 16.1. The largest absolute Gasteiger partial charge is 0.348 e. The highest BCUT2D eigenvalue weighted by molar-refractivity contribution is 7.09. The van der Waals surface area contributed by atoms with Crippen LogP contribution >= 0.6 is 36.2 Å². The second-order valence-electron chi connectivity index (χ2n) is 3.89. The minimum absolute atomic E-state index is 0. The van der Waals surface area contributed by atoms with E-state index < -0.39 is 0 Å². The average Bonchev–Trinajstić information content (AvgIpc) is 2.76. The van der Waals surface area contributed by atoms with Crippen molar-refractivity contribution in [3.63, 3.8) is 0 Å². The molecule has 2 unspecified atom stereocenters. The number of hydrogen-bond donors (Lipinski definition) is 2. The van der Waals surface area contributed by atoms with Crippen molar-refractivity contribution in [2.45, 2.75) is 33.2 Å². The van der Waals surface area contributed by atoms with E-state index in [0.29, 0.717) is 6.54 Å². The molecule has 0 aliphatic rings. The number of carbonyl (C=O) groups excluding carboxylic acids is 1. The number of thiazole rings is 1. The monoisotopic (exact) mass is 313 g/mol. The molecule has 1 amide bonds. The molecule has 0 aliphatic carbocycles. The summed E-state index contributed by atoms with van der Waals surface area (Å²) in [7, 11) is 0. The second-order valence-corrected chi connectivity index (χ2v) is 4.83. The van der Waals surface area contributed by atoms with Crippen LogP contribution in [-0.4, -0.2) is 17.4 Å². The molecule has 18 heavy (non-hydrogen) atoms. The highest BCUT2D eigenvalue weighted by Crippen LogP contribution is 2.17. The van der Waals surface area contributed by atoms with Gasteiger partial charge in [-0.2, -0.15) is 0 Å². The standard InChI is InChI=1S/C11H19N3OS.2ClH/c1-4-10-14-9(6-16-10)8(3)13-11(15)7(2)5-12;;/h6-8H,4-5,12H2,1-3H3,(H,13,15);2*1H. The number of carbonyl (C=O) groups is 1. The topological polar surface area (TPSA) is 68.0 Å². The highest BCUT2D eigenvalue weighted by atomic mass is 35.5. The van der Waals surface area contributed by atoms with Crippen LogP contribution in [-0.2, 0) is 11.2 Å². The van der Waals surface area contributed by atoms with E-state index in [2.05, 4.69) is 17.2 Å². The normalized spacial score (nSPS) is 12.9. The van der Waals surface area contributed by atoms with E-state index in [-0.39, 0.29) is 42.7 Å². The van der Waals surface area contributed by atoms with Crippen LogP contribution in [0.15, 0.2) is 5.38 Å². The van der Waals surface area contributed by atoms with Gasteiger partial charge in [0.25, 0.3) is 0 Å². The summed E-state index contributed by atoms with van der Waals surface area (Å²) in [6.07, 6.45) is 0.935. The molecule has 4 nitrogen and oxygen atoms in total. The van der Waals surface area contributed by atoms with E-state index in [1.165, 1.54) is 0 Å². The summed E-state index contributed by atoms with van der Waals surface area (Å²) >= 11 is 1.63. The van der Waals surface area contributed by atoms with Crippen LogP contribution in [0.25, 0.3) is 0 Å². The molecule has 106 valence electrons. The Morgan fingerprint density at radius 3 is 2.56 bits per heavy atom. The van der Waals surface area contributed by atoms with Crippen molar-refractivity contribution in [2.75, 3.05) is 6.54 Å². The van der Waals surface area contributed by atoms with Gasteiger partial charge < -0.3 is 11.1 Å². The van der Waals surface area contributed by atoms with E-state index in [1.54, 1.807) is 11.3 Å². The number of aromatic nitrogens is 1. The van der Waals surface area contributed by atoms with E-state index in [0.717, 1.165) is 17.1 Å². The minimum atomic E-state index is -0.147. The quantitative estimate of drug-likeness (QED) is 0.876. The lowest BCUT2D eigenvalue weighted by molar-refractivity contribution is -0.124. The fraction of sp³-hybridized carbons (Fsp3) is 0.636. The van der Waals surface area contributed by atoms with Gasteiger partial charge in [0, 0.05) is 17.8 Å². The molecular formula is C11H21Cl2N3OS. The average molecular weight is 314 g/mol. The second kappa shape index (κ2) is 9.55. The molecule has 0 bridgehead atoms. The Hall–Kier alpha value is -0.360. The molecule has 0 saturated carbocycles. The van der Waals surface area contributed by atoms with Gasteiger partial charge in [-0.15, -0.1) is 36.2 Å². The first kappa shape index (κ1) is 20.0. The van der Waals surface area contributed by atoms with E-state index in [9.17, 15) is 4.79 Å². The van der Waals surface area contributed by atoms with Crippen molar-refractivity contribution in [3.05, 3.63) is 16.1 Å². The zero-order valence-electron chi connectivity index (χ0n) is 10.8. The molecule has 3 N–H and O–H groups in total. The third kappa shape index (κ3) is 5.52. The highest BCUT2D eigenvalue weighted by Gasteiger charge is 2.16. The van der Waals surface area contributed by atoms with E-state index in [1.807, 2.05) is 19.2 Å². The summed E-state index contributed by atoms with van der Waals surface area (Å²) in [6, 6.07) is -0.0435. The predicted octanol–water partition coefficient (Wildman–Crippen LogP) is 2.32. The van der Waals surface area contributed by atoms with Crippen molar-refractivity contribution in [3.8, 4) is 0 Å². The van der Waals surface area contributed by atoms with Gasteiger partial charge in [-0.05, 0) is 13.3 Å². The van der Waals surface area contributed by atoms with Gasteiger partial charge >= 0.3 is 0 Å². The van der Waals surface area contributed by atoms with Crippen molar-refractivity contribution in [1.29, 1.82) is 0 Å². The predicted molar refractivity (Wildman–Crippen MR) is 80.8 cm³/mol.